The first-order valence-electron chi connectivity index (χ1n) is 8.75. The van der Waals surface area contributed by atoms with Crippen LogP contribution < -0.4 is 10.1 Å². The molecule has 1 aromatic carbocycles. The molecule has 2 aliphatic heterocycles. The van der Waals surface area contributed by atoms with Gasteiger partial charge in [0.25, 0.3) is 0 Å². The van der Waals surface area contributed by atoms with Crippen molar-refractivity contribution >= 4 is 23.2 Å². The number of carbonyl (C=O) groups is 1. The first-order valence-corrected chi connectivity index (χ1v) is 9.13. The summed E-state index contributed by atoms with van der Waals surface area (Å²) in [7, 11) is 1.59. The molecule has 5 nitrogen and oxygen atoms in total. The van der Waals surface area contributed by atoms with Gasteiger partial charge in [-0.25, -0.2) is 0 Å². The number of nitrogens with zero attached hydrogens (tertiary/aromatic N) is 2. The molecule has 2 fully saturated rings. The third-order valence-corrected chi connectivity index (χ3v) is 5.25. The monoisotopic (exact) mass is 351 g/mol. The number of nitrogens with one attached hydrogen (secondary N) is 1. The smallest absolute Gasteiger partial charge is 0.225 e. The summed E-state index contributed by atoms with van der Waals surface area (Å²) in [6.45, 7) is 5.33. The van der Waals surface area contributed by atoms with Crippen LogP contribution in [0.2, 0.25) is 5.02 Å². The van der Waals surface area contributed by atoms with E-state index in [1.807, 2.05) is 0 Å². The van der Waals surface area contributed by atoms with Gasteiger partial charge in [-0.1, -0.05) is 18.0 Å². The molecule has 2 saturated heterocycles. The van der Waals surface area contributed by atoms with Crippen molar-refractivity contribution in [3.63, 3.8) is 0 Å². The molecule has 0 radical (unpaired) electrons. The largest absolute Gasteiger partial charge is 0.495 e. The van der Waals surface area contributed by atoms with Gasteiger partial charge in [-0.15, -0.1) is 0 Å². The molecule has 0 saturated carbocycles. The summed E-state index contributed by atoms with van der Waals surface area (Å²) in [6.07, 6.45) is 4.45. The van der Waals surface area contributed by atoms with E-state index in [1.165, 1.54) is 25.8 Å². The van der Waals surface area contributed by atoms with Crippen LogP contribution in [0.5, 0.6) is 5.75 Å². The zero-order valence-electron chi connectivity index (χ0n) is 14.3. The van der Waals surface area contributed by atoms with Gasteiger partial charge in [-0.05, 0) is 37.6 Å². The van der Waals surface area contributed by atoms with Gasteiger partial charge in [0, 0.05) is 43.7 Å². The summed E-state index contributed by atoms with van der Waals surface area (Å²) in [4.78, 5) is 17.3. The molecule has 1 amide bonds. The van der Waals surface area contributed by atoms with Crippen LogP contribution in [0.15, 0.2) is 18.2 Å². The number of hydrogen-bond acceptors (Lipinski definition) is 4. The Morgan fingerprint density at radius 3 is 3.04 bits per heavy atom. The van der Waals surface area contributed by atoms with Crippen LogP contribution in [-0.2, 0) is 4.79 Å². The lowest BCUT2D eigenvalue weighted by atomic mass is 9.99. The number of fused-ring (bicyclic) bond motifs is 1. The number of piperazine rings is 1. The third-order valence-electron chi connectivity index (χ3n) is 5.01. The fourth-order valence-corrected chi connectivity index (χ4v) is 3.85. The minimum Gasteiger partial charge on any atom is -0.495 e. The summed E-state index contributed by atoms with van der Waals surface area (Å²) in [6, 6.07) is 5.92. The van der Waals surface area contributed by atoms with Gasteiger partial charge in [-0.3, -0.25) is 14.6 Å². The Morgan fingerprint density at radius 1 is 1.33 bits per heavy atom. The van der Waals surface area contributed by atoms with Crippen molar-refractivity contribution < 1.29 is 9.53 Å². The molecular weight excluding hydrogens is 326 g/mol. The minimum atomic E-state index is 0.00152. The molecule has 1 N–H and O–H groups in total. The molecule has 2 heterocycles. The zero-order valence-corrected chi connectivity index (χ0v) is 15.0. The molecular formula is C18H26ClN3O2. The molecule has 6 heteroatoms. The summed E-state index contributed by atoms with van der Waals surface area (Å²) in [5.41, 5.74) is 0.632. The summed E-state index contributed by atoms with van der Waals surface area (Å²) in [5.74, 6) is 0.630. The van der Waals surface area contributed by atoms with Crippen molar-refractivity contribution in [2.45, 2.75) is 31.7 Å². The first kappa shape index (κ1) is 17.5. The summed E-state index contributed by atoms with van der Waals surface area (Å²) >= 11 is 6.00. The second-order valence-corrected chi connectivity index (χ2v) is 7.07. The van der Waals surface area contributed by atoms with E-state index in [2.05, 4.69) is 15.1 Å². The van der Waals surface area contributed by atoms with Gasteiger partial charge in [-0.2, -0.15) is 0 Å². The second-order valence-electron chi connectivity index (χ2n) is 6.63. The molecule has 0 spiro atoms. The highest BCUT2D eigenvalue weighted by molar-refractivity contribution is 6.31. The fraction of sp³-hybridized carbons (Fsp3) is 0.611. The Hall–Kier alpha value is -1.30. The highest BCUT2D eigenvalue weighted by atomic mass is 35.5. The van der Waals surface area contributed by atoms with E-state index in [-0.39, 0.29) is 5.91 Å². The minimum absolute atomic E-state index is 0.00152. The van der Waals surface area contributed by atoms with E-state index >= 15 is 0 Å². The number of rotatable bonds is 5. The predicted molar refractivity (Wildman–Crippen MR) is 96.9 cm³/mol. The number of carbonyl (C=O) groups excluding carboxylic acids is 1. The average Bonchev–Trinajstić information content (AvgIpc) is 2.60. The number of anilines is 1. The molecule has 0 aliphatic carbocycles. The lowest BCUT2D eigenvalue weighted by Gasteiger charge is -2.44. The average molecular weight is 352 g/mol. The van der Waals surface area contributed by atoms with Crippen LogP contribution in [0.1, 0.15) is 25.7 Å². The highest BCUT2D eigenvalue weighted by Crippen LogP contribution is 2.28. The van der Waals surface area contributed by atoms with Gasteiger partial charge in [0.1, 0.15) is 5.75 Å². The van der Waals surface area contributed by atoms with Crippen molar-refractivity contribution in [3.8, 4) is 5.75 Å². The Kier molecular flexibility index (Phi) is 5.98. The molecule has 24 heavy (non-hydrogen) atoms. The lowest BCUT2D eigenvalue weighted by molar-refractivity contribution is -0.116. The van der Waals surface area contributed by atoms with E-state index in [4.69, 9.17) is 16.3 Å². The Morgan fingerprint density at radius 2 is 2.21 bits per heavy atom. The van der Waals surface area contributed by atoms with Crippen molar-refractivity contribution in [1.82, 2.24) is 9.80 Å². The highest BCUT2D eigenvalue weighted by Gasteiger charge is 2.28. The van der Waals surface area contributed by atoms with Gasteiger partial charge in [0.05, 0.1) is 12.8 Å². The maximum atomic E-state index is 12.3. The SMILES string of the molecule is COc1ccc(Cl)cc1NC(=O)CCN1CCN2CCCC[C@@H]2C1. The van der Waals surface area contributed by atoms with E-state index in [9.17, 15) is 4.79 Å². The Balaban J connectivity index is 1.48. The maximum absolute atomic E-state index is 12.3. The van der Waals surface area contributed by atoms with E-state index in [1.54, 1.807) is 25.3 Å². The van der Waals surface area contributed by atoms with Gasteiger partial charge in [0.15, 0.2) is 0 Å². The molecule has 3 rings (SSSR count). The van der Waals surface area contributed by atoms with Crippen LogP contribution in [0, 0.1) is 0 Å². The number of ether oxygens (including phenoxy) is 1. The number of hydrogen-bond donors (Lipinski definition) is 1. The number of amides is 1. The van der Waals surface area contributed by atoms with Gasteiger partial charge >= 0.3 is 0 Å². The Bertz CT molecular complexity index is 581. The third kappa shape index (κ3) is 4.41. The van der Waals surface area contributed by atoms with Crippen molar-refractivity contribution in [1.29, 1.82) is 0 Å². The molecule has 1 aromatic rings. The standard InChI is InChI=1S/C18H26ClN3O2/c1-24-17-6-5-14(19)12-16(17)20-18(23)7-9-21-10-11-22-8-3-2-4-15(22)13-21/h5-6,12,15H,2-4,7-11,13H2,1H3,(H,20,23)/t15-/m1/s1. The van der Waals surface area contributed by atoms with Gasteiger partial charge in [0.2, 0.25) is 5.91 Å². The summed E-state index contributed by atoms with van der Waals surface area (Å²) < 4.78 is 5.27. The van der Waals surface area contributed by atoms with E-state index < -0.39 is 0 Å². The molecule has 0 bridgehead atoms. The Labute approximate surface area is 148 Å². The first-order chi connectivity index (χ1) is 11.7. The molecule has 132 valence electrons. The fourth-order valence-electron chi connectivity index (χ4n) is 3.67. The second kappa shape index (κ2) is 8.19. The number of halogens is 1. The van der Waals surface area contributed by atoms with E-state index in [0.29, 0.717) is 28.9 Å². The number of benzene rings is 1. The molecule has 0 unspecified atom stereocenters. The lowest BCUT2D eigenvalue weighted by Crippen LogP contribution is -2.55. The molecule has 1 atom stereocenters. The predicted octanol–water partition coefficient (Wildman–Crippen LogP) is 2.85. The van der Waals surface area contributed by atoms with Crippen molar-refractivity contribution in [2.75, 3.05) is 45.2 Å². The van der Waals surface area contributed by atoms with E-state index in [0.717, 1.165) is 26.2 Å². The quantitative estimate of drug-likeness (QED) is 0.886. The van der Waals surface area contributed by atoms with Crippen molar-refractivity contribution in [2.24, 2.45) is 0 Å². The number of methoxy groups -OCH3 is 1. The zero-order chi connectivity index (χ0) is 16.9. The van der Waals surface area contributed by atoms with Crippen LogP contribution >= 0.6 is 11.6 Å². The van der Waals surface area contributed by atoms with Crippen LogP contribution in [0.3, 0.4) is 0 Å². The topological polar surface area (TPSA) is 44.8 Å². The van der Waals surface area contributed by atoms with Gasteiger partial charge < -0.3 is 10.1 Å². The van der Waals surface area contributed by atoms with Crippen LogP contribution in [-0.4, -0.2) is 61.6 Å². The molecule has 2 aliphatic rings. The summed E-state index contributed by atoms with van der Waals surface area (Å²) in [5, 5.41) is 3.50. The van der Waals surface area contributed by atoms with Crippen LogP contribution in [0.4, 0.5) is 5.69 Å². The number of piperidine rings is 1. The van der Waals surface area contributed by atoms with Crippen LogP contribution in [0.25, 0.3) is 0 Å². The normalized spacial score (nSPS) is 22.0. The maximum Gasteiger partial charge on any atom is 0.225 e. The van der Waals surface area contributed by atoms with Crippen molar-refractivity contribution in [3.05, 3.63) is 23.2 Å². The molecule has 0 aromatic heterocycles.